The Morgan fingerprint density at radius 3 is 2.48 bits per heavy atom. The topological polar surface area (TPSA) is 55.8 Å². The van der Waals surface area contributed by atoms with Crippen LogP contribution in [-0.2, 0) is 20.9 Å². The summed E-state index contributed by atoms with van der Waals surface area (Å²) < 4.78 is 11.0. The molecule has 0 saturated carbocycles. The minimum Gasteiger partial charge on any atom is -0.490 e. The Labute approximate surface area is 172 Å². The van der Waals surface area contributed by atoms with E-state index in [0.29, 0.717) is 26.0 Å². The molecule has 0 bridgehead atoms. The molecule has 0 N–H and O–H groups in total. The van der Waals surface area contributed by atoms with Crippen LogP contribution in [0.3, 0.4) is 0 Å². The van der Waals surface area contributed by atoms with E-state index in [9.17, 15) is 9.59 Å². The molecule has 0 spiro atoms. The number of esters is 1. The number of ether oxygens (including phenoxy) is 2. The van der Waals surface area contributed by atoms with E-state index >= 15 is 0 Å². The summed E-state index contributed by atoms with van der Waals surface area (Å²) in [4.78, 5) is 26.3. The predicted molar refractivity (Wildman–Crippen MR) is 112 cm³/mol. The molecule has 1 atom stereocenters. The van der Waals surface area contributed by atoms with Gasteiger partial charge < -0.3 is 14.4 Å². The number of rotatable bonds is 8. The number of likely N-dealkylation sites (tertiary alicyclic amines) is 1. The normalized spacial score (nSPS) is 16.2. The molecule has 1 aliphatic rings. The maximum Gasteiger partial charge on any atom is 0.307 e. The molecule has 0 radical (unpaired) electrons. The molecule has 29 heavy (non-hydrogen) atoms. The van der Waals surface area contributed by atoms with Gasteiger partial charge in [0.05, 0.1) is 6.42 Å². The van der Waals surface area contributed by atoms with Crippen LogP contribution in [0.25, 0.3) is 0 Å². The van der Waals surface area contributed by atoms with Crippen LogP contribution in [0.1, 0.15) is 41.5 Å². The van der Waals surface area contributed by atoms with Gasteiger partial charge in [-0.15, -0.1) is 0 Å². The van der Waals surface area contributed by atoms with Crippen LogP contribution < -0.4 is 4.74 Å². The van der Waals surface area contributed by atoms with Crippen molar-refractivity contribution in [3.05, 3.63) is 64.7 Å². The minimum absolute atomic E-state index is 0.0987. The third kappa shape index (κ3) is 5.83. The fourth-order valence-corrected chi connectivity index (χ4v) is 3.63. The number of hydrogen-bond acceptors (Lipinski definition) is 4. The highest BCUT2D eigenvalue weighted by Gasteiger charge is 2.32. The molecule has 1 heterocycles. The monoisotopic (exact) mass is 395 g/mol. The molecule has 1 aliphatic heterocycles. The highest BCUT2D eigenvalue weighted by molar-refractivity contribution is 5.80. The number of amides is 1. The van der Waals surface area contributed by atoms with Crippen LogP contribution >= 0.6 is 0 Å². The lowest BCUT2D eigenvalue weighted by molar-refractivity contribution is -0.146. The second-order valence-corrected chi connectivity index (χ2v) is 7.74. The van der Waals surface area contributed by atoms with E-state index in [2.05, 4.69) is 6.07 Å². The number of carbonyl (C=O) groups is 2. The first kappa shape index (κ1) is 20.9. The van der Waals surface area contributed by atoms with E-state index in [1.165, 1.54) is 11.1 Å². The van der Waals surface area contributed by atoms with E-state index < -0.39 is 0 Å². The molecule has 2 aromatic rings. The van der Waals surface area contributed by atoms with Gasteiger partial charge in [0.25, 0.3) is 0 Å². The van der Waals surface area contributed by atoms with Crippen LogP contribution in [0.2, 0.25) is 0 Å². The van der Waals surface area contributed by atoms with Gasteiger partial charge in [0.2, 0.25) is 5.91 Å². The Morgan fingerprint density at radius 2 is 1.76 bits per heavy atom. The summed E-state index contributed by atoms with van der Waals surface area (Å²) in [5.41, 5.74) is 4.51. The molecule has 154 valence electrons. The quantitative estimate of drug-likeness (QED) is 0.498. The van der Waals surface area contributed by atoms with Crippen molar-refractivity contribution in [3.8, 4) is 5.75 Å². The van der Waals surface area contributed by atoms with Crippen LogP contribution in [0.4, 0.5) is 0 Å². The van der Waals surface area contributed by atoms with Gasteiger partial charge in [-0.05, 0) is 44.4 Å². The summed E-state index contributed by atoms with van der Waals surface area (Å²) in [6.45, 7) is 7.11. The van der Waals surface area contributed by atoms with E-state index in [1.807, 2.05) is 57.2 Å². The Kier molecular flexibility index (Phi) is 6.91. The second-order valence-electron chi connectivity index (χ2n) is 7.74. The van der Waals surface area contributed by atoms with Crippen LogP contribution in [0, 0.1) is 20.8 Å². The van der Waals surface area contributed by atoms with Gasteiger partial charge in [0.1, 0.15) is 19.0 Å². The lowest BCUT2D eigenvalue weighted by Crippen LogP contribution is -2.34. The molecule has 0 aromatic heterocycles. The lowest BCUT2D eigenvalue weighted by atomic mass is 10.1. The van der Waals surface area contributed by atoms with Crippen molar-refractivity contribution in [2.24, 2.45) is 0 Å². The van der Waals surface area contributed by atoms with E-state index in [4.69, 9.17) is 9.47 Å². The average Bonchev–Trinajstić information content (AvgIpc) is 3.01. The van der Waals surface area contributed by atoms with Gasteiger partial charge in [-0.1, -0.05) is 47.5 Å². The summed E-state index contributed by atoms with van der Waals surface area (Å²) in [6.07, 6.45) is 1.40. The largest absolute Gasteiger partial charge is 0.490 e. The number of carbonyl (C=O) groups excluding carboxylic acids is 2. The van der Waals surface area contributed by atoms with E-state index in [-0.39, 0.29) is 30.9 Å². The first-order valence-electron chi connectivity index (χ1n) is 10.1. The van der Waals surface area contributed by atoms with Crippen molar-refractivity contribution < 1.29 is 19.1 Å². The molecule has 1 fully saturated rings. The summed E-state index contributed by atoms with van der Waals surface area (Å²) in [5.74, 6) is 0.613. The second kappa shape index (κ2) is 9.59. The zero-order valence-corrected chi connectivity index (χ0v) is 17.4. The molecule has 1 amide bonds. The Balaban J connectivity index is 1.45. The maximum absolute atomic E-state index is 12.3. The van der Waals surface area contributed by atoms with E-state index in [0.717, 1.165) is 16.9 Å². The molecular weight excluding hydrogens is 366 g/mol. The highest BCUT2D eigenvalue weighted by Crippen LogP contribution is 2.24. The van der Waals surface area contributed by atoms with Crippen LogP contribution in [0.15, 0.2) is 42.5 Å². The molecule has 5 nitrogen and oxygen atoms in total. The van der Waals surface area contributed by atoms with Gasteiger partial charge in [0.15, 0.2) is 0 Å². The molecule has 2 aromatic carbocycles. The number of nitrogens with zero attached hydrogens (tertiary/aromatic N) is 1. The maximum atomic E-state index is 12.3. The smallest absolute Gasteiger partial charge is 0.307 e. The molecule has 1 unspecified atom stereocenters. The molecule has 5 heteroatoms. The first-order chi connectivity index (χ1) is 13.9. The molecule has 3 rings (SSSR count). The Bertz CT molecular complexity index is 860. The standard InChI is InChI=1S/C24H29NO4/c1-17-4-7-20(8-5-17)16-25-21(9-11-23(25)26)15-24(27)29-13-12-28-22-10-6-18(2)14-19(22)3/h4-8,10,14,21H,9,11-13,15-16H2,1-3H3. The third-order valence-corrected chi connectivity index (χ3v) is 5.26. The molecule has 0 aliphatic carbocycles. The van der Waals surface area contributed by atoms with Crippen molar-refractivity contribution in [2.75, 3.05) is 13.2 Å². The van der Waals surface area contributed by atoms with E-state index in [1.54, 1.807) is 4.90 Å². The van der Waals surface area contributed by atoms with Crippen molar-refractivity contribution in [2.45, 2.75) is 52.6 Å². The number of benzene rings is 2. The predicted octanol–water partition coefficient (Wildman–Crippen LogP) is 4.12. The number of hydrogen-bond donors (Lipinski definition) is 0. The fraction of sp³-hybridized carbons (Fsp3) is 0.417. The van der Waals surface area contributed by atoms with Crippen molar-refractivity contribution >= 4 is 11.9 Å². The van der Waals surface area contributed by atoms with Crippen molar-refractivity contribution in [3.63, 3.8) is 0 Å². The molecular formula is C24H29NO4. The summed E-state index contributed by atoms with van der Waals surface area (Å²) >= 11 is 0. The summed E-state index contributed by atoms with van der Waals surface area (Å²) in [5, 5.41) is 0. The van der Waals surface area contributed by atoms with Gasteiger partial charge in [-0.25, -0.2) is 0 Å². The van der Waals surface area contributed by atoms with Gasteiger partial charge in [0, 0.05) is 19.0 Å². The number of aryl methyl sites for hydroxylation is 3. The Hall–Kier alpha value is -2.82. The van der Waals surface area contributed by atoms with Crippen molar-refractivity contribution in [1.29, 1.82) is 0 Å². The molecule has 1 saturated heterocycles. The first-order valence-corrected chi connectivity index (χ1v) is 10.1. The van der Waals surface area contributed by atoms with Crippen LogP contribution in [0.5, 0.6) is 5.75 Å². The zero-order valence-electron chi connectivity index (χ0n) is 17.4. The fourth-order valence-electron chi connectivity index (χ4n) is 3.63. The average molecular weight is 395 g/mol. The van der Waals surface area contributed by atoms with Gasteiger partial charge in [-0.2, -0.15) is 0 Å². The zero-order chi connectivity index (χ0) is 20.8. The highest BCUT2D eigenvalue weighted by atomic mass is 16.6. The Morgan fingerprint density at radius 1 is 1.03 bits per heavy atom. The third-order valence-electron chi connectivity index (χ3n) is 5.26. The van der Waals surface area contributed by atoms with Gasteiger partial charge in [-0.3, -0.25) is 9.59 Å². The summed E-state index contributed by atoms with van der Waals surface area (Å²) in [7, 11) is 0. The summed E-state index contributed by atoms with van der Waals surface area (Å²) in [6, 6.07) is 14.0. The SMILES string of the molecule is Cc1ccc(CN2C(=O)CCC2CC(=O)OCCOc2ccc(C)cc2C)cc1. The van der Waals surface area contributed by atoms with Crippen LogP contribution in [-0.4, -0.2) is 36.0 Å². The minimum atomic E-state index is -0.289. The van der Waals surface area contributed by atoms with Gasteiger partial charge >= 0.3 is 5.97 Å². The van der Waals surface area contributed by atoms with Crippen molar-refractivity contribution in [1.82, 2.24) is 4.90 Å². The lowest BCUT2D eigenvalue weighted by Gasteiger charge is -2.24.